The first-order valence-electron chi connectivity index (χ1n) is 12.4. The number of nitrogens with zero attached hydrogens (tertiary/aromatic N) is 3. The largest absolute Gasteiger partial charge is 0.397 e. The van der Waals surface area contributed by atoms with E-state index in [1.165, 1.54) is 45.0 Å². The Morgan fingerprint density at radius 1 is 0.773 bits per heavy atom. The normalized spacial score (nSPS) is 13.0. The molecular formula is C26H22ClN7O8S2. The van der Waals surface area contributed by atoms with Gasteiger partial charge in [0, 0.05) is 16.8 Å². The first kappa shape index (κ1) is 30.8. The Labute approximate surface area is 255 Å². The van der Waals surface area contributed by atoms with Gasteiger partial charge in [-0.05, 0) is 55.1 Å². The van der Waals surface area contributed by atoms with Crippen LogP contribution in [0.3, 0.4) is 0 Å². The minimum atomic E-state index is -5.04. The summed E-state index contributed by atoms with van der Waals surface area (Å²) >= 11 is 5.89. The second kappa shape index (κ2) is 10.5. The van der Waals surface area contributed by atoms with Gasteiger partial charge in [-0.1, -0.05) is 24.3 Å². The molecule has 0 spiro atoms. The van der Waals surface area contributed by atoms with Crippen molar-refractivity contribution in [1.29, 1.82) is 0 Å². The Balaban J connectivity index is 1.82. The van der Waals surface area contributed by atoms with Gasteiger partial charge >= 0.3 is 0 Å². The zero-order valence-corrected chi connectivity index (χ0v) is 25.3. The molecule has 8 N–H and O–H groups in total. The van der Waals surface area contributed by atoms with E-state index in [4.69, 9.17) is 23.1 Å². The van der Waals surface area contributed by atoms with Gasteiger partial charge in [0.05, 0.1) is 28.2 Å². The number of ketones is 2. The fourth-order valence-corrected chi connectivity index (χ4v) is 7.02. The summed E-state index contributed by atoms with van der Waals surface area (Å²) < 4.78 is 70.0. The molecule has 1 aliphatic carbocycles. The van der Waals surface area contributed by atoms with E-state index in [1.807, 2.05) is 0 Å². The number of hydrogen-bond acceptors (Lipinski definition) is 13. The Morgan fingerprint density at radius 3 is 1.84 bits per heavy atom. The topological polar surface area (TPSA) is 258 Å². The number of carbonyl (C=O) groups excluding carboxylic acids is 2. The maximum atomic E-state index is 13.7. The summed E-state index contributed by atoms with van der Waals surface area (Å²) in [6, 6.07) is 6.67. The van der Waals surface area contributed by atoms with Gasteiger partial charge in [0.2, 0.25) is 17.2 Å². The fourth-order valence-electron chi connectivity index (χ4n) is 5.23. The van der Waals surface area contributed by atoms with Crippen molar-refractivity contribution in [2.45, 2.75) is 30.6 Å². The number of rotatable bonds is 6. The van der Waals surface area contributed by atoms with Gasteiger partial charge in [-0.15, -0.1) is 0 Å². The lowest BCUT2D eigenvalue weighted by molar-refractivity contribution is 0.0980. The van der Waals surface area contributed by atoms with Crippen LogP contribution in [0.5, 0.6) is 0 Å². The van der Waals surface area contributed by atoms with E-state index in [1.54, 1.807) is 0 Å². The van der Waals surface area contributed by atoms with Crippen molar-refractivity contribution >= 4 is 78.0 Å². The van der Waals surface area contributed by atoms with Gasteiger partial charge in [-0.25, -0.2) is 0 Å². The maximum absolute atomic E-state index is 13.7. The number of halogens is 1. The lowest BCUT2D eigenvalue weighted by atomic mass is 9.82. The SMILES string of the molecule is Cc1c(Nc2nc(N)nc(Cl)n2)c(C)c(S(=O)(=O)O)c(C)c1Nc1cc(S(=O)(=O)O)c(N)c2c1C(=O)c1ccccc1C2=O. The number of anilines is 6. The summed E-state index contributed by atoms with van der Waals surface area (Å²) in [6.45, 7) is 4.27. The summed E-state index contributed by atoms with van der Waals surface area (Å²) in [4.78, 5) is 37.4. The third-order valence-electron chi connectivity index (χ3n) is 7.04. The van der Waals surface area contributed by atoms with Crippen molar-refractivity contribution in [3.8, 4) is 0 Å². The van der Waals surface area contributed by atoms with E-state index in [9.17, 15) is 35.5 Å². The van der Waals surface area contributed by atoms with Crippen LogP contribution < -0.4 is 22.1 Å². The molecule has 228 valence electrons. The standard InChI is InChI=1S/C26H22ClN7O8S2/c1-9-19(10(2)23(44(40,41)42)11(3)20(9)31-26-33-24(27)32-25(29)34-26)30-14-8-15(43(37,38)39)18(28)17-16(14)21(35)12-6-4-5-7-13(12)22(17)36/h4-8,30H,28H2,1-3H3,(H,37,38,39)(H,40,41,42)(H3,29,31,32,33,34). The number of nitrogen functional groups attached to an aromatic ring is 2. The molecule has 0 saturated carbocycles. The third-order valence-corrected chi connectivity index (χ3v) is 9.23. The number of benzene rings is 3. The molecule has 5 rings (SSSR count). The maximum Gasteiger partial charge on any atom is 0.296 e. The lowest BCUT2D eigenvalue weighted by Crippen LogP contribution is -2.25. The highest BCUT2D eigenvalue weighted by Gasteiger charge is 2.37. The molecule has 1 aromatic heterocycles. The fraction of sp³-hybridized carbons (Fsp3) is 0.115. The molecule has 1 aliphatic rings. The van der Waals surface area contributed by atoms with E-state index in [-0.39, 0.29) is 67.6 Å². The summed E-state index contributed by atoms with van der Waals surface area (Å²) in [5.74, 6) is -1.90. The highest BCUT2D eigenvalue weighted by molar-refractivity contribution is 7.86. The van der Waals surface area contributed by atoms with Gasteiger partial charge in [-0.2, -0.15) is 31.8 Å². The molecule has 18 heteroatoms. The Hall–Kier alpha value is -4.68. The van der Waals surface area contributed by atoms with Crippen molar-refractivity contribution in [1.82, 2.24) is 15.0 Å². The van der Waals surface area contributed by atoms with Crippen LogP contribution in [-0.2, 0) is 20.2 Å². The average Bonchev–Trinajstić information content (AvgIpc) is 2.90. The monoisotopic (exact) mass is 659 g/mol. The van der Waals surface area contributed by atoms with E-state index in [2.05, 4.69) is 25.6 Å². The summed E-state index contributed by atoms with van der Waals surface area (Å²) in [7, 11) is -9.94. The number of carbonyl (C=O) groups is 2. The van der Waals surface area contributed by atoms with Gasteiger partial charge in [0.25, 0.3) is 20.2 Å². The first-order chi connectivity index (χ1) is 20.4. The number of nitrogens with two attached hydrogens (primary N) is 2. The lowest BCUT2D eigenvalue weighted by Gasteiger charge is -2.26. The highest BCUT2D eigenvalue weighted by atomic mass is 35.5. The first-order valence-corrected chi connectivity index (χ1v) is 15.6. The van der Waals surface area contributed by atoms with Crippen LogP contribution in [-0.4, -0.2) is 52.5 Å². The molecule has 0 unspecified atom stereocenters. The molecule has 3 aromatic carbocycles. The molecule has 0 fully saturated rings. The van der Waals surface area contributed by atoms with Crippen molar-refractivity contribution in [2.75, 3.05) is 22.1 Å². The minimum absolute atomic E-state index is 0.00897. The minimum Gasteiger partial charge on any atom is -0.397 e. The van der Waals surface area contributed by atoms with Crippen molar-refractivity contribution in [3.05, 3.63) is 74.6 Å². The van der Waals surface area contributed by atoms with Crippen LogP contribution in [0.1, 0.15) is 48.5 Å². The molecule has 0 aliphatic heterocycles. The van der Waals surface area contributed by atoms with Crippen molar-refractivity contribution < 1.29 is 35.5 Å². The molecular weight excluding hydrogens is 638 g/mol. The summed E-state index contributed by atoms with van der Waals surface area (Å²) in [6.07, 6.45) is 0. The molecule has 1 heterocycles. The number of nitrogens with one attached hydrogen (secondary N) is 2. The number of hydrogen-bond donors (Lipinski definition) is 6. The van der Waals surface area contributed by atoms with Gasteiger partial charge in [0.15, 0.2) is 11.6 Å². The van der Waals surface area contributed by atoms with E-state index < -0.39 is 52.8 Å². The van der Waals surface area contributed by atoms with Crippen molar-refractivity contribution in [3.63, 3.8) is 0 Å². The van der Waals surface area contributed by atoms with Crippen LogP contribution in [0.15, 0.2) is 40.1 Å². The van der Waals surface area contributed by atoms with Crippen LogP contribution in [0.25, 0.3) is 0 Å². The Morgan fingerprint density at radius 2 is 1.32 bits per heavy atom. The summed E-state index contributed by atoms with van der Waals surface area (Å²) in [5, 5.41) is 5.39. The van der Waals surface area contributed by atoms with E-state index >= 15 is 0 Å². The van der Waals surface area contributed by atoms with E-state index in [0.717, 1.165) is 6.07 Å². The molecule has 0 saturated heterocycles. The third kappa shape index (κ3) is 5.09. The predicted molar refractivity (Wildman–Crippen MR) is 160 cm³/mol. The average molecular weight is 660 g/mol. The molecule has 15 nitrogen and oxygen atoms in total. The predicted octanol–water partition coefficient (Wildman–Crippen LogP) is 3.37. The van der Waals surface area contributed by atoms with E-state index in [0.29, 0.717) is 0 Å². The molecule has 0 bridgehead atoms. The van der Waals surface area contributed by atoms with Gasteiger partial charge in [0.1, 0.15) is 9.79 Å². The smallest absolute Gasteiger partial charge is 0.296 e. The van der Waals surface area contributed by atoms with Gasteiger partial charge < -0.3 is 22.1 Å². The van der Waals surface area contributed by atoms with Crippen LogP contribution in [0.2, 0.25) is 5.28 Å². The zero-order valence-electron chi connectivity index (χ0n) is 22.9. The molecule has 0 atom stereocenters. The molecule has 44 heavy (non-hydrogen) atoms. The molecule has 4 aromatic rings. The van der Waals surface area contributed by atoms with Crippen LogP contribution in [0, 0.1) is 20.8 Å². The quantitative estimate of drug-likeness (QED) is 0.113. The van der Waals surface area contributed by atoms with Crippen molar-refractivity contribution in [2.24, 2.45) is 0 Å². The number of aromatic nitrogens is 3. The van der Waals surface area contributed by atoms with Crippen LogP contribution in [0.4, 0.5) is 34.6 Å². The summed E-state index contributed by atoms with van der Waals surface area (Å²) in [5.41, 5.74) is 10.2. The van der Waals surface area contributed by atoms with Gasteiger partial charge in [-0.3, -0.25) is 18.7 Å². The molecule has 0 amide bonds. The Kier molecular flexibility index (Phi) is 7.34. The van der Waals surface area contributed by atoms with Crippen LogP contribution >= 0.6 is 11.6 Å². The highest BCUT2D eigenvalue weighted by Crippen LogP contribution is 2.44. The molecule has 0 radical (unpaired) electrons. The number of fused-ring (bicyclic) bond motifs is 2. The second-order valence-corrected chi connectivity index (χ2v) is 12.8. The zero-order chi connectivity index (χ0) is 32.5. The Bertz CT molecular complexity index is 2170. The second-order valence-electron chi connectivity index (χ2n) is 9.73.